The zero-order valence-electron chi connectivity index (χ0n) is 14.1. The first-order chi connectivity index (χ1) is 12.2. The molecule has 0 saturated heterocycles. The predicted octanol–water partition coefficient (Wildman–Crippen LogP) is 4.60. The summed E-state index contributed by atoms with van der Waals surface area (Å²) < 4.78 is 49.8. The zero-order valence-corrected chi connectivity index (χ0v) is 15.7. The molecule has 0 atom stereocenters. The van der Waals surface area contributed by atoms with Crippen molar-refractivity contribution in [3.05, 3.63) is 52.5 Å². The summed E-state index contributed by atoms with van der Waals surface area (Å²) in [5, 5.41) is 0. The van der Waals surface area contributed by atoms with E-state index in [1.807, 2.05) is 0 Å². The lowest BCUT2D eigenvalue weighted by Gasteiger charge is -2.24. The molecular weight excluding hydrogens is 415 g/mol. The molecule has 0 radical (unpaired) electrons. The maximum Gasteiger partial charge on any atom is 0.406 e. The quantitative estimate of drug-likeness (QED) is 0.670. The second kappa shape index (κ2) is 8.44. The van der Waals surface area contributed by atoms with Crippen LogP contribution < -0.4 is 14.4 Å². The van der Waals surface area contributed by atoms with E-state index in [1.54, 1.807) is 30.3 Å². The maximum atomic E-state index is 12.9. The summed E-state index contributed by atoms with van der Waals surface area (Å²) in [5.41, 5.74) is 0.702. The average molecular weight is 432 g/mol. The van der Waals surface area contributed by atoms with Crippen LogP contribution in [0, 0.1) is 0 Å². The lowest BCUT2D eigenvalue weighted by Crippen LogP contribution is -2.40. The van der Waals surface area contributed by atoms with Gasteiger partial charge in [0.2, 0.25) is 5.91 Å². The van der Waals surface area contributed by atoms with E-state index in [9.17, 15) is 18.0 Å². The number of carbonyl (C=O) groups is 1. The molecule has 2 rings (SSSR count). The molecule has 0 aliphatic rings. The van der Waals surface area contributed by atoms with Crippen LogP contribution in [-0.2, 0) is 11.2 Å². The van der Waals surface area contributed by atoms with Crippen molar-refractivity contribution in [3.8, 4) is 11.5 Å². The van der Waals surface area contributed by atoms with Crippen LogP contribution in [0.5, 0.6) is 11.5 Å². The van der Waals surface area contributed by atoms with E-state index in [2.05, 4.69) is 15.9 Å². The molecule has 8 heteroatoms. The standard InChI is InChI=1S/C18H17BrF3NO3/c1-25-15-8-3-12(9-16(15)26-2)10-17(24)23(11-18(20,21)22)14-6-4-13(19)5-7-14/h3-9H,10-11H2,1-2H3. The van der Waals surface area contributed by atoms with Crippen LogP contribution in [0.15, 0.2) is 46.9 Å². The average Bonchev–Trinajstić information content (AvgIpc) is 2.59. The van der Waals surface area contributed by atoms with Gasteiger partial charge in [-0.3, -0.25) is 4.79 Å². The van der Waals surface area contributed by atoms with Crippen LogP contribution in [0.2, 0.25) is 0 Å². The van der Waals surface area contributed by atoms with Gasteiger partial charge in [-0.2, -0.15) is 13.2 Å². The van der Waals surface area contributed by atoms with Gasteiger partial charge in [-0.15, -0.1) is 0 Å². The zero-order chi connectivity index (χ0) is 19.3. The molecule has 0 unspecified atom stereocenters. The Morgan fingerprint density at radius 3 is 2.19 bits per heavy atom. The highest BCUT2D eigenvalue weighted by Crippen LogP contribution is 2.29. The number of ether oxygens (including phenoxy) is 2. The molecule has 2 aromatic carbocycles. The molecule has 0 bridgehead atoms. The van der Waals surface area contributed by atoms with Gasteiger partial charge >= 0.3 is 6.18 Å². The Morgan fingerprint density at radius 1 is 1.04 bits per heavy atom. The maximum absolute atomic E-state index is 12.9. The monoisotopic (exact) mass is 431 g/mol. The largest absolute Gasteiger partial charge is 0.493 e. The van der Waals surface area contributed by atoms with E-state index in [0.717, 1.165) is 4.90 Å². The van der Waals surface area contributed by atoms with E-state index in [1.165, 1.54) is 26.4 Å². The van der Waals surface area contributed by atoms with E-state index in [0.29, 0.717) is 21.5 Å². The molecule has 0 spiro atoms. The van der Waals surface area contributed by atoms with E-state index < -0.39 is 18.6 Å². The van der Waals surface area contributed by atoms with Crippen LogP contribution in [0.25, 0.3) is 0 Å². The highest BCUT2D eigenvalue weighted by molar-refractivity contribution is 9.10. The third-order valence-electron chi connectivity index (χ3n) is 3.58. The van der Waals surface area contributed by atoms with Gasteiger partial charge in [0.1, 0.15) is 6.54 Å². The van der Waals surface area contributed by atoms with Crippen molar-refractivity contribution < 1.29 is 27.4 Å². The molecule has 0 heterocycles. The lowest BCUT2D eigenvalue weighted by molar-refractivity contribution is -0.132. The van der Waals surface area contributed by atoms with Gasteiger partial charge in [-0.1, -0.05) is 22.0 Å². The Balaban J connectivity index is 2.27. The van der Waals surface area contributed by atoms with Crippen molar-refractivity contribution >= 4 is 27.5 Å². The number of hydrogen-bond acceptors (Lipinski definition) is 3. The van der Waals surface area contributed by atoms with Gasteiger partial charge in [0.05, 0.1) is 20.6 Å². The first kappa shape index (κ1) is 20.1. The Morgan fingerprint density at radius 2 is 1.65 bits per heavy atom. The first-order valence-corrected chi connectivity index (χ1v) is 8.36. The Bertz CT molecular complexity index is 763. The van der Waals surface area contributed by atoms with Crippen LogP contribution in [0.4, 0.5) is 18.9 Å². The van der Waals surface area contributed by atoms with Gasteiger partial charge in [-0.05, 0) is 42.0 Å². The van der Waals surface area contributed by atoms with Crippen LogP contribution >= 0.6 is 15.9 Å². The van der Waals surface area contributed by atoms with Gasteiger partial charge in [-0.25, -0.2) is 0 Å². The van der Waals surface area contributed by atoms with E-state index in [4.69, 9.17) is 9.47 Å². The number of hydrogen-bond donors (Lipinski definition) is 0. The molecule has 0 saturated carbocycles. The Hall–Kier alpha value is -2.22. The number of benzene rings is 2. The summed E-state index contributed by atoms with van der Waals surface area (Å²) in [5.74, 6) is 0.212. The second-order valence-corrected chi connectivity index (χ2v) is 6.35. The summed E-state index contributed by atoms with van der Waals surface area (Å²) in [7, 11) is 2.92. The SMILES string of the molecule is COc1ccc(CC(=O)N(CC(F)(F)F)c2ccc(Br)cc2)cc1OC. The van der Waals surface area contributed by atoms with Gasteiger partial charge < -0.3 is 14.4 Å². The summed E-state index contributed by atoms with van der Waals surface area (Å²) >= 11 is 3.22. The minimum Gasteiger partial charge on any atom is -0.493 e. The summed E-state index contributed by atoms with van der Waals surface area (Å²) in [6.07, 6.45) is -4.72. The molecule has 0 aromatic heterocycles. The molecule has 2 aromatic rings. The number of methoxy groups -OCH3 is 2. The molecule has 26 heavy (non-hydrogen) atoms. The third-order valence-corrected chi connectivity index (χ3v) is 4.11. The van der Waals surface area contributed by atoms with Gasteiger partial charge in [0, 0.05) is 10.2 Å². The normalized spacial score (nSPS) is 11.2. The van der Waals surface area contributed by atoms with Crippen molar-refractivity contribution in [1.82, 2.24) is 0 Å². The van der Waals surface area contributed by atoms with Crippen LogP contribution in [0.1, 0.15) is 5.56 Å². The molecule has 4 nitrogen and oxygen atoms in total. The fourth-order valence-electron chi connectivity index (χ4n) is 2.38. The topological polar surface area (TPSA) is 38.8 Å². The molecule has 0 aliphatic heterocycles. The fraction of sp³-hybridized carbons (Fsp3) is 0.278. The van der Waals surface area contributed by atoms with Gasteiger partial charge in [0.25, 0.3) is 0 Å². The van der Waals surface area contributed by atoms with E-state index >= 15 is 0 Å². The van der Waals surface area contributed by atoms with Crippen molar-refractivity contribution in [2.24, 2.45) is 0 Å². The molecule has 0 aliphatic carbocycles. The second-order valence-electron chi connectivity index (χ2n) is 5.44. The van der Waals surface area contributed by atoms with Crippen molar-refractivity contribution in [2.75, 3.05) is 25.7 Å². The Kier molecular flexibility index (Phi) is 6.52. The number of amides is 1. The first-order valence-electron chi connectivity index (χ1n) is 7.57. The number of rotatable bonds is 6. The highest BCUT2D eigenvalue weighted by atomic mass is 79.9. The molecule has 140 valence electrons. The summed E-state index contributed by atoms with van der Waals surface area (Å²) in [6.45, 7) is -1.36. The smallest absolute Gasteiger partial charge is 0.406 e. The van der Waals surface area contributed by atoms with Crippen LogP contribution in [0.3, 0.4) is 0 Å². The molecule has 0 fully saturated rings. The number of halogens is 4. The van der Waals surface area contributed by atoms with Crippen molar-refractivity contribution in [1.29, 1.82) is 0 Å². The molecule has 1 amide bonds. The lowest BCUT2D eigenvalue weighted by atomic mass is 10.1. The number of nitrogens with zero attached hydrogens (tertiary/aromatic N) is 1. The van der Waals surface area contributed by atoms with E-state index in [-0.39, 0.29) is 12.1 Å². The molecule has 0 N–H and O–H groups in total. The fourth-order valence-corrected chi connectivity index (χ4v) is 2.65. The predicted molar refractivity (Wildman–Crippen MR) is 95.8 cm³/mol. The van der Waals surface area contributed by atoms with Crippen LogP contribution in [-0.4, -0.2) is 32.8 Å². The van der Waals surface area contributed by atoms with Gasteiger partial charge in [0.15, 0.2) is 11.5 Å². The Labute approximate surface area is 157 Å². The van der Waals surface area contributed by atoms with Crippen molar-refractivity contribution in [2.45, 2.75) is 12.6 Å². The highest BCUT2D eigenvalue weighted by Gasteiger charge is 2.33. The number of alkyl halides is 3. The third kappa shape index (κ3) is 5.39. The molecular formula is C18H17BrF3NO3. The minimum atomic E-state index is -4.51. The number of carbonyl (C=O) groups excluding carboxylic acids is 1. The minimum absolute atomic E-state index is 0.177. The summed E-state index contributed by atoms with van der Waals surface area (Å²) in [4.78, 5) is 13.3. The number of anilines is 1. The van der Waals surface area contributed by atoms with Crippen molar-refractivity contribution in [3.63, 3.8) is 0 Å². The summed E-state index contributed by atoms with van der Waals surface area (Å²) in [6, 6.07) is 10.9.